The van der Waals surface area contributed by atoms with Crippen molar-refractivity contribution >= 4 is 22.8 Å². The summed E-state index contributed by atoms with van der Waals surface area (Å²) in [5.74, 6) is -0.449. The first-order chi connectivity index (χ1) is 15.6. The van der Waals surface area contributed by atoms with Gasteiger partial charge in [0, 0.05) is 20.0 Å². The third-order valence-electron chi connectivity index (χ3n) is 5.29. The number of carbonyl (C=O) groups is 2. The lowest BCUT2D eigenvalue weighted by Gasteiger charge is -2.36. The molecule has 3 rings (SSSR count). The maximum absolute atomic E-state index is 12.9. The van der Waals surface area contributed by atoms with E-state index in [9.17, 15) is 9.59 Å². The number of rotatable bonds is 10. The predicted molar refractivity (Wildman–Crippen MR) is 130 cm³/mol. The van der Waals surface area contributed by atoms with Gasteiger partial charge >= 0.3 is 5.97 Å². The standard InChI is InChI=1S/C27H29NO3S/c1-21(29)31-26(27(30)32-2)25(18-22-12-6-3-7-13-22)28(19-23-14-8-4-9-15-23)20-24-16-10-5-11-17-24/h3-17,25-26H,18-20H2,1-2H3/t25-,26-/m0/s1. The second-order valence-corrected chi connectivity index (χ2v) is 8.50. The molecule has 0 saturated carbocycles. The molecule has 0 amide bonds. The molecule has 0 heterocycles. The summed E-state index contributed by atoms with van der Waals surface area (Å²) in [5.41, 5.74) is 3.37. The van der Waals surface area contributed by atoms with Crippen molar-refractivity contribution in [3.05, 3.63) is 108 Å². The molecule has 0 radical (unpaired) electrons. The van der Waals surface area contributed by atoms with Crippen molar-refractivity contribution in [2.45, 2.75) is 38.6 Å². The van der Waals surface area contributed by atoms with Crippen LogP contribution in [0.3, 0.4) is 0 Å². The quantitative estimate of drug-likeness (QED) is 0.404. The molecule has 0 saturated heterocycles. The smallest absolute Gasteiger partial charge is 0.303 e. The Morgan fingerprint density at radius 3 is 1.62 bits per heavy atom. The van der Waals surface area contributed by atoms with E-state index in [-0.39, 0.29) is 11.2 Å². The number of nitrogens with zero attached hydrogens (tertiary/aromatic N) is 1. The molecule has 0 aliphatic rings. The number of ether oxygens (including phenoxy) is 1. The molecule has 0 aliphatic carbocycles. The Bertz CT molecular complexity index is 938. The highest BCUT2D eigenvalue weighted by molar-refractivity contribution is 8.13. The number of hydrogen-bond donors (Lipinski definition) is 0. The Morgan fingerprint density at radius 1 is 0.781 bits per heavy atom. The van der Waals surface area contributed by atoms with Gasteiger partial charge in [-0.3, -0.25) is 14.5 Å². The molecular formula is C27H29NO3S. The Hall–Kier alpha value is -2.89. The van der Waals surface area contributed by atoms with Crippen molar-refractivity contribution < 1.29 is 14.3 Å². The van der Waals surface area contributed by atoms with Gasteiger partial charge in [0.15, 0.2) is 6.10 Å². The van der Waals surface area contributed by atoms with E-state index in [0.717, 1.165) is 28.5 Å². The highest BCUT2D eigenvalue weighted by Gasteiger charge is 2.35. The van der Waals surface area contributed by atoms with Crippen LogP contribution < -0.4 is 0 Å². The van der Waals surface area contributed by atoms with Crippen LogP contribution in [0.15, 0.2) is 91.0 Å². The van der Waals surface area contributed by atoms with Gasteiger partial charge in [0.25, 0.3) is 0 Å². The van der Waals surface area contributed by atoms with Crippen LogP contribution in [0.2, 0.25) is 0 Å². The summed E-state index contributed by atoms with van der Waals surface area (Å²) in [6.07, 6.45) is 1.46. The minimum absolute atomic E-state index is 0.146. The van der Waals surface area contributed by atoms with Crippen LogP contribution in [0.1, 0.15) is 23.6 Å². The topological polar surface area (TPSA) is 46.6 Å². The zero-order valence-electron chi connectivity index (χ0n) is 18.5. The Labute approximate surface area is 194 Å². The average molecular weight is 448 g/mol. The summed E-state index contributed by atoms with van der Waals surface area (Å²) < 4.78 is 5.64. The number of thioether (sulfide) groups is 1. The van der Waals surface area contributed by atoms with Crippen molar-refractivity contribution in [3.63, 3.8) is 0 Å². The average Bonchev–Trinajstić information content (AvgIpc) is 2.82. The lowest BCUT2D eigenvalue weighted by atomic mass is 9.98. The first kappa shape index (κ1) is 23.8. The van der Waals surface area contributed by atoms with Gasteiger partial charge in [-0.05, 0) is 29.4 Å². The highest BCUT2D eigenvalue weighted by Crippen LogP contribution is 2.23. The summed E-state index contributed by atoms with van der Waals surface area (Å²) >= 11 is 1.10. The minimum atomic E-state index is -0.866. The molecule has 0 aliphatic heterocycles. The van der Waals surface area contributed by atoms with Gasteiger partial charge in [-0.15, -0.1) is 0 Å². The first-order valence-corrected chi connectivity index (χ1v) is 11.9. The van der Waals surface area contributed by atoms with Gasteiger partial charge in [-0.2, -0.15) is 0 Å². The molecule has 0 bridgehead atoms. The van der Waals surface area contributed by atoms with Crippen LogP contribution in [0.25, 0.3) is 0 Å². The van der Waals surface area contributed by atoms with Gasteiger partial charge in [0.2, 0.25) is 5.12 Å². The maximum Gasteiger partial charge on any atom is 0.303 e. The van der Waals surface area contributed by atoms with Crippen LogP contribution in [0.5, 0.6) is 0 Å². The van der Waals surface area contributed by atoms with E-state index in [4.69, 9.17) is 4.74 Å². The summed E-state index contributed by atoms with van der Waals surface area (Å²) in [7, 11) is 0. The summed E-state index contributed by atoms with van der Waals surface area (Å²) in [6.45, 7) is 2.62. The zero-order chi connectivity index (χ0) is 22.8. The van der Waals surface area contributed by atoms with Gasteiger partial charge in [0.1, 0.15) is 0 Å². The van der Waals surface area contributed by atoms with Crippen molar-refractivity contribution in [1.29, 1.82) is 0 Å². The summed E-state index contributed by atoms with van der Waals surface area (Å²) in [5, 5.41) is -0.146. The largest absolute Gasteiger partial charge is 0.452 e. The molecular weight excluding hydrogens is 418 g/mol. The third-order valence-corrected chi connectivity index (χ3v) is 5.92. The molecule has 4 nitrogen and oxygen atoms in total. The van der Waals surface area contributed by atoms with Crippen LogP contribution in [0.4, 0.5) is 0 Å². The Balaban J connectivity index is 2.02. The first-order valence-electron chi connectivity index (χ1n) is 10.7. The molecule has 2 atom stereocenters. The van der Waals surface area contributed by atoms with Gasteiger partial charge in [0.05, 0.1) is 6.04 Å². The second-order valence-electron chi connectivity index (χ2n) is 7.69. The fraction of sp³-hybridized carbons (Fsp3) is 0.259. The highest BCUT2D eigenvalue weighted by atomic mass is 32.2. The Kier molecular flexibility index (Phi) is 9.08. The molecule has 5 heteroatoms. The van der Waals surface area contributed by atoms with E-state index in [2.05, 4.69) is 29.2 Å². The summed E-state index contributed by atoms with van der Waals surface area (Å²) in [4.78, 5) is 27.2. The van der Waals surface area contributed by atoms with Crippen LogP contribution in [-0.2, 0) is 33.8 Å². The zero-order valence-corrected chi connectivity index (χ0v) is 19.3. The fourth-order valence-electron chi connectivity index (χ4n) is 3.79. The SMILES string of the molecule is CSC(=O)[C@@H](OC(C)=O)[C@H](Cc1ccccc1)N(Cc1ccccc1)Cc1ccccc1. The van der Waals surface area contributed by atoms with E-state index in [1.165, 1.54) is 6.92 Å². The molecule has 0 spiro atoms. The Morgan fingerprint density at radius 2 is 1.22 bits per heavy atom. The molecule has 0 unspecified atom stereocenters. The molecule has 3 aromatic carbocycles. The fourth-order valence-corrected chi connectivity index (χ4v) is 4.23. The van der Waals surface area contributed by atoms with Crippen molar-refractivity contribution in [2.75, 3.05) is 6.26 Å². The van der Waals surface area contributed by atoms with Gasteiger partial charge < -0.3 is 4.74 Å². The monoisotopic (exact) mass is 447 g/mol. The van der Waals surface area contributed by atoms with Crippen molar-refractivity contribution in [1.82, 2.24) is 4.90 Å². The number of esters is 1. The summed E-state index contributed by atoms with van der Waals surface area (Å²) in [6, 6.07) is 30.1. The van der Waals surface area contributed by atoms with Gasteiger partial charge in [-0.1, -0.05) is 103 Å². The minimum Gasteiger partial charge on any atom is -0.452 e. The second kappa shape index (κ2) is 12.2. The molecule has 166 valence electrons. The van der Waals surface area contributed by atoms with E-state index in [0.29, 0.717) is 19.5 Å². The van der Waals surface area contributed by atoms with E-state index in [1.54, 1.807) is 6.26 Å². The molecule has 3 aromatic rings. The van der Waals surface area contributed by atoms with Gasteiger partial charge in [-0.25, -0.2) is 0 Å². The van der Waals surface area contributed by atoms with E-state index in [1.807, 2.05) is 66.7 Å². The van der Waals surface area contributed by atoms with Crippen molar-refractivity contribution in [3.8, 4) is 0 Å². The van der Waals surface area contributed by atoms with E-state index < -0.39 is 12.1 Å². The predicted octanol–water partition coefficient (Wildman–Crippen LogP) is 5.12. The lowest BCUT2D eigenvalue weighted by molar-refractivity contribution is -0.154. The lowest BCUT2D eigenvalue weighted by Crippen LogP contribution is -2.49. The molecule has 0 aromatic heterocycles. The number of carbonyl (C=O) groups excluding carboxylic acids is 2. The third kappa shape index (κ3) is 7.08. The molecule has 0 N–H and O–H groups in total. The van der Waals surface area contributed by atoms with Crippen LogP contribution in [-0.4, -0.2) is 34.4 Å². The van der Waals surface area contributed by atoms with Crippen LogP contribution in [0, 0.1) is 0 Å². The van der Waals surface area contributed by atoms with Crippen LogP contribution >= 0.6 is 11.8 Å². The number of benzene rings is 3. The normalized spacial score (nSPS) is 12.8. The number of hydrogen-bond acceptors (Lipinski definition) is 5. The maximum atomic E-state index is 12.9. The van der Waals surface area contributed by atoms with E-state index >= 15 is 0 Å². The molecule has 0 fully saturated rings. The molecule has 32 heavy (non-hydrogen) atoms. The van der Waals surface area contributed by atoms with Crippen molar-refractivity contribution in [2.24, 2.45) is 0 Å².